The molecule has 0 spiro atoms. The van der Waals surface area contributed by atoms with Crippen molar-refractivity contribution in [3.63, 3.8) is 0 Å². The summed E-state index contributed by atoms with van der Waals surface area (Å²) in [4.78, 5) is 30.1. The fraction of sp³-hybridized carbons (Fsp3) is 0.552. The van der Waals surface area contributed by atoms with Crippen LogP contribution >= 0.6 is 11.3 Å². The highest BCUT2D eigenvalue weighted by atomic mass is 32.1. The first kappa shape index (κ1) is 25.9. The molecule has 1 aliphatic heterocycles. The van der Waals surface area contributed by atoms with Gasteiger partial charge in [-0.3, -0.25) is 0 Å². The Morgan fingerprint density at radius 1 is 1.03 bits per heavy atom. The molecule has 2 amide bonds. The average molecular weight is 522 g/mol. The van der Waals surface area contributed by atoms with Crippen molar-refractivity contribution >= 4 is 39.1 Å². The first-order valence-corrected chi connectivity index (χ1v) is 14.4. The number of para-hydroxylation sites is 1. The third-order valence-electron chi connectivity index (χ3n) is 7.59. The summed E-state index contributed by atoms with van der Waals surface area (Å²) >= 11 is 1.82. The molecule has 0 unspecified atom stereocenters. The van der Waals surface area contributed by atoms with Crippen molar-refractivity contribution in [2.45, 2.75) is 71.8 Å². The van der Waals surface area contributed by atoms with E-state index in [4.69, 9.17) is 14.7 Å². The second-order valence-corrected chi connectivity index (χ2v) is 11.9. The molecule has 1 fully saturated rings. The maximum atomic E-state index is 13.4. The summed E-state index contributed by atoms with van der Waals surface area (Å²) in [6.45, 7) is 11.9. The van der Waals surface area contributed by atoms with E-state index in [0.717, 1.165) is 48.1 Å². The maximum Gasteiger partial charge on any atom is 0.321 e. The number of rotatable bonds is 6. The van der Waals surface area contributed by atoms with Gasteiger partial charge in [0.2, 0.25) is 0 Å². The van der Waals surface area contributed by atoms with Crippen LogP contribution in [0.5, 0.6) is 0 Å². The molecule has 3 aromatic rings. The number of hydrogen-bond acceptors (Lipinski definition) is 6. The highest BCUT2D eigenvalue weighted by molar-refractivity contribution is 7.19. The fourth-order valence-corrected chi connectivity index (χ4v) is 6.88. The Morgan fingerprint density at radius 3 is 2.35 bits per heavy atom. The van der Waals surface area contributed by atoms with E-state index in [2.05, 4.69) is 56.1 Å². The second kappa shape index (κ2) is 11.0. The number of piperazine rings is 1. The van der Waals surface area contributed by atoms with Gasteiger partial charge in [0.05, 0.1) is 5.39 Å². The van der Waals surface area contributed by atoms with Crippen molar-refractivity contribution in [2.75, 3.05) is 43.5 Å². The Balaban J connectivity index is 1.36. The summed E-state index contributed by atoms with van der Waals surface area (Å²) in [6.07, 6.45) is 4.72. The Kier molecular flexibility index (Phi) is 7.67. The van der Waals surface area contributed by atoms with E-state index in [1.54, 1.807) is 7.11 Å². The molecule has 1 aromatic carbocycles. The summed E-state index contributed by atoms with van der Waals surface area (Å²) in [5, 5.41) is 4.51. The molecule has 37 heavy (non-hydrogen) atoms. The lowest BCUT2D eigenvalue weighted by Crippen LogP contribution is -2.50. The molecule has 8 heteroatoms. The maximum absolute atomic E-state index is 13.4. The van der Waals surface area contributed by atoms with Crippen LogP contribution in [0.25, 0.3) is 10.2 Å². The molecule has 0 saturated carbocycles. The number of carbonyl (C=O) groups is 1. The van der Waals surface area contributed by atoms with Crippen LogP contribution < -0.4 is 10.2 Å². The number of thiophene rings is 1. The van der Waals surface area contributed by atoms with Crippen molar-refractivity contribution in [1.82, 2.24) is 14.9 Å². The zero-order valence-corrected chi connectivity index (χ0v) is 23.6. The zero-order valence-electron chi connectivity index (χ0n) is 22.8. The predicted molar refractivity (Wildman–Crippen MR) is 152 cm³/mol. The minimum Gasteiger partial charge on any atom is -0.377 e. The van der Waals surface area contributed by atoms with E-state index >= 15 is 0 Å². The summed E-state index contributed by atoms with van der Waals surface area (Å²) in [6, 6.07) is 6.34. The number of nitrogens with one attached hydrogen (secondary N) is 1. The topological polar surface area (TPSA) is 70.6 Å². The molecular weight excluding hydrogens is 482 g/mol. The van der Waals surface area contributed by atoms with Gasteiger partial charge in [0.1, 0.15) is 17.3 Å². The number of urea groups is 1. The van der Waals surface area contributed by atoms with E-state index in [1.807, 2.05) is 16.2 Å². The van der Waals surface area contributed by atoms with Gasteiger partial charge >= 0.3 is 6.03 Å². The van der Waals surface area contributed by atoms with Crippen LogP contribution in [0, 0.1) is 0 Å². The molecule has 1 N–H and O–H groups in total. The molecule has 198 valence electrons. The normalized spacial score (nSPS) is 16.1. The number of nitrogens with zero attached hydrogens (tertiary/aromatic N) is 4. The number of methoxy groups -OCH3 is 1. The zero-order chi connectivity index (χ0) is 26.1. The van der Waals surface area contributed by atoms with Crippen LogP contribution in [0.2, 0.25) is 0 Å². The highest BCUT2D eigenvalue weighted by Gasteiger charge is 2.28. The van der Waals surface area contributed by atoms with Crippen LogP contribution in [-0.4, -0.2) is 54.2 Å². The molecule has 1 aliphatic carbocycles. The van der Waals surface area contributed by atoms with Crippen LogP contribution in [0.3, 0.4) is 0 Å². The van der Waals surface area contributed by atoms with E-state index in [1.165, 1.54) is 39.8 Å². The first-order valence-electron chi connectivity index (χ1n) is 13.6. The monoisotopic (exact) mass is 521 g/mol. The van der Waals surface area contributed by atoms with Gasteiger partial charge in [0.15, 0.2) is 5.82 Å². The predicted octanol–water partition coefficient (Wildman–Crippen LogP) is 6.32. The summed E-state index contributed by atoms with van der Waals surface area (Å²) in [5.41, 5.74) is 4.80. The molecular formula is C29H39N5O2S. The van der Waals surface area contributed by atoms with Gasteiger partial charge in [-0.2, -0.15) is 0 Å². The van der Waals surface area contributed by atoms with E-state index in [9.17, 15) is 4.79 Å². The number of carbonyl (C=O) groups excluding carboxylic acids is 1. The number of anilines is 2. The summed E-state index contributed by atoms with van der Waals surface area (Å²) in [7, 11) is 1.69. The van der Waals surface area contributed by atoms with Gasteiger partial charge in [-0.05, 0) is 54.2 Å². The SMILES string of the molecule is COCc1nc(N2CCN(C(=O)Nc3c(C(C)C)cccc3C(C)C)CC2)c2c3c(sc2n1)CCCC3. The van der Waals surface area contributed by atoms with E-state index in [0.29, 0.717) is 31.5 Å². The minimum atomic E-state index is -0.0181. The standard InChI is InChI=1S/C29H39N5O2S/c1-18(2)20-10-8-11-21(19(3)4)26(20)32-29(35)34-15-13-33(14-16-34)27-25-22-9-6-7-12-23(22)37-28(25)31-24(30-27)17-36-5/h8,10-11,18-19H,6-7,9,12-17H2,1-5H3,(H,32,35). The molecule has 2 aromatic heterocycles. The fourth-order valence-electron chi connectivity index (χ4n) is 5.61. The van der Waals surface area contributed by atoms with Gasteiger partial charge in [-0.1, -0.05) is 45.9 Å². The molecule has 7 nitrogen and oxygen atoms in total. The minimum absolute atomic E-state index is 0.0181. The van der Waals surface area contributed by atoms with E-state index in [-0.39, 0.29) is 6.03 Å². The number of hydrogen-bond donors (Lipinski definition) is 1. The number of amides is 2. The first-order chi connectivity index (χ1) is 17.9. The summed E-state index contributed by atoms with van der Waals surface area (Å²) in [5.74, 6) is 2.42. The smallest absolute Gasteiger partial charge is 0.321 e. The van der Waals surface area contributed by atoms with Crippen molar-refractivity contribution in [2.24, 2.45) is 0 Å². The van der Waals surface area contributed by atoms with Gasteiger partial charge in [-0.25, -0.2) is 14.8 Å². The second-order valence-electron chi connectivity index (χ2n) is 10.8. The van der Waals surface area contributed by atoms with Crippen LogP contribution in [-0.2, 0) is 24.2 Å². The molecule has 5 rings (SSSR count). The number of ether oxygens (including phenoxy) is 1. The van der Waals surface area contributed by atoms with Gasteiger partial charge in [0, 0.05) is 43.9 Å². The lowest BCUT2D eigenvalue weighted by atomic mass is 9.93. The van der Waals surface area contributed by atoms with Crippen LogP contribution in [0.4, 0.5) is 16.3 Å². The number of aryl methyl sites for hydroxylation is 2. The van der Waals surface area contributed by atoms with Crippen LogP contribution in [0.1, 0.15) is 79.8 Å². The Bertz CT molecular complexity index is 1250. The number of aromatic nitrogens is 2. The molecule has 0 atom stereocenters. The van der Waals surface area contributed by atoms with Gasteiger partial charge in [0.25, 0.3) is 0 Å². The molecule has 1 saturated heterocycles. The lowest BCUT2D eigenvalue weighted by molar-refractivity contribution is 0.178. The third kappa shape index (κ3) is 5.18. The largest absolute Gasteiger partial charge is 0.377 e. The molecule has 3 heterocycles. The van der Waals surface area contributed by atoms with Crippen molar-refractivity contribution < 1.29 is 9.53 Å². The van der Waals surface area contributed by atoms with E-state index < -0.39 is 0 Å². The Hall–Kier alpha value is -2.71. The number of fused-ring (bicyclic) bond motifs is 3. The Morgan fingerprint density at radius 2 is 1.70 bits per heavy atom. The molecule has 0 radical (unpaired) electrons. The van der Waals surface area contributed by atoms with Gasteiger partial charge in [-0.15, -0.1) is 11.3 Å². The Labute approximate surface area is 224 Å². The summed E-state index contributed by atoms with van der Waals surface area (Å²) < 4.78 is 5.38. The van der Waals surface area contributed by atoms with Crippen molar-refractivity contribution in [1.29, 1.82) is 0 Å². The lowest BCUT2D eigenvalue weighted by Gasteiger charge is -2.36. The molecule has 2 aliphatic rings. The average Bonchev–Trinajstić information content (AvgIpc) is 3.27. The quantitative estimate of drug-likeness (QED) is 0.411. The van der Waals surface area contributed by atoms with Crippen LogP contribution in [0.15, 0.2) is 18.2 Å². The van der Waals surface area contributed by atoms with Gasteiger partial charge < -0.3 is 19.9 Å². The molecule has 0 bridgehead atoms. The third-order valence-corrected chi connectivity index (χ3v) is 8.77. The highest BCUT2D eigenvalue weighted by Crippen LogP contribution is 2.40. The van der Waals surface area contributed by atoms with Crippen molar-refractivity contribution in [3.8, 4) is 0 Å². The van der Waals surface area contributed by atoms with Crippen molar-refractivity contribution in [3.05, 3.63) is 45.6 Å². The number of benzene rings is 1.